The Morgan fingerprint density at radius 3 is 2.67 bits per heavy atom. The molecular weight excluding hydrogens is 399 g/mol. The highest BCUT2D eigenvalue weighted by molar-refractivity contribution is 5.98. The molecule has 3 heterocycles. The van der Waals surface area contributed by atoms with Gasteiger partial charge < -0.3 is 16.0 Å². The second-order valence-corrected chi connectivity index (χ2v) is 7.51. The summed E-state index contributed by atoms with van der Waals surface area (Å²) in [6, 6.07) is 5.19. The number of nitrogens with two attached hydrogens (primary N) is 1. The monoisotopic (exact) mass is 421 g/mol. The zero-order valence-corrected chi connectivity index (χ0v) is 16.3. The van der Waals surface area contributed by atoms with E-state index in [0.717, 1.165) is 31.9 Å². The Labute approximate surface area is 170 Å². The molecule has 4 N–H and O–H groups in total. The number of nitrogen functional groups attached to an aromatic ring is 1. The molecule has 0 spiro atoms. The first-order valence-corrected chi connectivity index (χ1v) is 9.62. The van der Waals surface area contributed by atoms with Crippen molar-refractivity contribution in [2.45, 2.75) is 43.9 Å². The number of hydrogen-bond acceptors (Lipinski definition) is 5. The lowest BCUT2D eigenvalue weighted by atomic mass is 9.90. The van der Waals surface area contributed by atoms with Crippen LogP contribution in [0.2, 0.25) is 0 Å². The van der Waals surface area contributed by atoms with Crippen molar-refractivity contribution in [1.82, 2.24) is 24.9 Å². The third-order valence-corrected chi connectivity index (χ3v) is 5.62. The lowest BCUT2D eigenvalue weighted by Gasteiger charge is -2.36. The molecule has 8 nitrogen and oxygen atoms in total. The van der Waals surface area contributed by atoms with E-state index in [1.165, 1.54) is 10.6 Å². The summed E-state index contributed by atoms with van der Waals surface area (Å²) in [6.07, 6.45) is 1.10. The molecule has 0 unspecified atom stereocenters. The van der Waals surface area contributed by atoms with E-state index in [9.17, 15) is 18.0 Å². The quantitative estimate of drug-likeness (QED) is 0.601. The fourth-order valence-corrected chi connectivity index (χ4v) is 3.96. The molecule has 0 aromatic carbocycles. The van der Waals surface area contributed by atoms with Gasteiger partial charge in [-0.1, -0.05) is 6.07 Å². The van der Waals surface area contributed by atoms with E-state index in [-0.39, 0.29) is 29.5 Å². The maximum atomic E-state index is 13.1. The van der Waals surface area contributed by atoms with Crippen molar-refractivity contribution in [2.24, 2.45) is 0 Å². The predicted molar refractivity (Wildman–Crippen MR) is 105 cm³/mol. The minimum absolute atomic E-state index is 0.0114. The highest BCUT2D eigenvalue weighted by atomic mass is 19.4. The highest BCUT2D eigenvalue weighted by Crippen LogP contribution is 2.31. The van der Waals surface area contributed by atoms with Gasteiger partial charge in [0, 0.05) is 31.5 Å². The molecule has 4 rings (SSSR count). The first kappa shape index (κ1) is 20.0. The number of carbonyl (C=O) groups excluding carboxylic acids is 1. The summed E-state index contributed by atoms with van der Waals surface area (Å²) in [7, 11) is 1.87. The van der Waals surface area contributed by atoms with Crippen LogP contribution in [0, 0.1) is 0 Å². The van der Waals surface area contributed by atoms with E-state index >= 15 is 0 Å². The molecule has 30 heavy (non-hydrogen) atoms. The van der Waals surface area contributed by atoms with Crippen molar-refractivity contribution in [1.29, 1.82) is 0 Å². The van der Waals surface area contributed by atoms with E-state index < -0.39 is 11.9 Å². The molecule has 1 amide bonds. The third kappa shape index (κ3) is 3.79. The van der Waals surface area contributed by atoms with Crippen LogP contribution in [0.5, 0.6) is 0 Å². The molecule has 1 saturated carbocycles. The normalized spacial score (nSPS) is 19.7. The zero-order valence-electron chi connectivity index (χ0n) is 16.3. The Balaban J connectivity index is 1.43. The standard InChI is InChI=1S/C19H22F3N7O/c1-28(16-4-2-3-15-26-14(10-29(15)16)19(20,21)22)12-7-5-11(6-8-12)25-18(30)13-9-24-27-17(13)23/h2-4,9-12H,5-8H2,1H3,(H,25,30)(H3,23,24,27)/t11-,12+. The molecule has 160 valence electrons. The van der Waals surface area contributed by atoms with Gasteiger partial charge >= 0.3 is 6.18 Å². The maximum Gasteiger partial charge on any atom is 0.434 e. The van der Waals surface area contributed by atoms with Gasteiger partial charge in [0.15, 0.2) is 11.5 Å². The molecule has 0 aliphatic heterocycles. The molecular formula is C19H22F3N7O. The summed E-state index contributed by atoms with van der Waals surface area (Å²) in [5, 5.41) is 9.28. The van der Waals surface area contributed by atoms with Crippen LogP contribution in [0.3, 0.4) is 0 Å². The second kappa shape index (κ2) is 7.54. The number of rotatable bonds is 4. The average Bonchev–Trinajstić information content (AvgIpc) is 3.33. The van der Waals surface area contributed by atoms with Crippen LogP contribution in [0.1, 0.15) is 41.7 Å². The topological polar surface area (TPSA) is 104 Å². The van der Waals surface area contributed by atoms with Crippen LogP contribution < -0.4 is 16.0 Å². The Hall–Kier alpha value is -3.24. The van der Waals surface area contributed by atoms with Crippen LogP contribution >= 0.6 is 0 Å². The van der Waals surface area contributed by atoms with Gasteiger partial charge in [0.1, 0.15) is 17.0 Å². The number of amides is 1. The minimum Gasteiger partial charge on any atom is -0.382 e. The first-order chi connectivity index (χ1) is 14.2. The molecule has 0 atom stereocenters. The maximum absolute atomic E-state index is 13.1. The van der Waals surface area contributed by atoms with Crippen LogP contribution in [-0.4, -0.2) is 44.6 Å². The summed E-state index contributed by atoms with van der Waals surface area (Å²) in [5.41, 5.74) is 5.33. The van der Waals surface area contributed by atoms with Crippen molar-refractivity contribution in [3.63, 3.8) is 0 Å². The Kier molecular flexibility index (Phi) is 5.04. The van der Waals surface area contributed by atoms with E-state index in [2.05, 4.69) is 20.5 Å². The third-order valence-electron chi connectivity index (χ3n) is 5.62. The number of aromatic amines is 1. The largest absolute Gasteiger partial charge is 0.434 e. The fourth-order valence-electron chi connectivity index (χ4n) is 3.96. The number of carbonyl (C=O) groups is 1. The van der Waals surface area contributed by atoms with Gasteiger partial charge in [-0.15, -0.1) is 0 Å². The Morgan fingerprint density at radius 1 is 1.30 bits per heavy atom. The van der Waals surface area contributed by atoms with Crippen LogP contribution in [0.25, 0.3) is 5.65 Å². The first-order valence-electron chi connectivity index (χ1n) is 9.62. The number of aromatic nitrogens is 4. The predicted octanol–water partition coefficient (Wildman–Crippen LogP) is 2.84. The number of pyridine rings is 1. The number of anilines is 2. The number of halogens is 3. The Morgan fingerprint density at radius 2 is 2.03 bits per heavy atom. The van der Waals surface area contributed by atoms with Crippen LogP contribution in [0.15, 0.2) is 30.6 Å². The molecule has 1 aliphatic carbocycles. The molecule has 0 saturated heterocycles. The van der Waals surface area contributed by atoms with Crippen molar-refractivity contribution in [2.75, 3.05) is 17.7 Å². The number of imidazole rings is 1. The molecule has 0 bridgehead atoms. The summed E-state index contributed by atoms with van der Waals surface area (Å²) in [5.74, 6) is 0.544. The van der Waals surface area contributed by atoms with Gasteiger partial charge in [-0.05, 0) is 37.8 Å². The lowest BCUT2D eigenvalue weighted by Crippen LogP contribution is -2.43. The number of hydrogen-bond donors (Lipinski definition) is 3. The van der Waals surface area contributed by atoms with Gasteiger partial charge in [-0.2, -0.15) is 18.3 Å². The zero-order chi connectivity index (χ0) is 21.5. The van der Waals surface area contributed by atoms with Gasteiger partial charge in [0.25, 0.3) is 5.91 Å². The van der Waals surface area contributed by atoms with Gasteiger partial charge in [-0.25, -0.2) is 4.98 Å². The SMILES string of the molecule is CN(c1cccc2nc(C(F)(F)F)cn12)[C@H]1CC[C@@H](NC(=O)c2c[nH]nc2N)CC1. The second-order valence-electron chi connectivity index (χ2n) is 7.51. The smallest absolute Gasteiger partial charge is 0.382 e. The van der Waals surface area contributed by atoms with E-state index in [1.54, 1.807) is 18.2 Å². The molecule has 0 radical (unpaired) electrons. The number of nitrogens with zero attached hydrogens (tertiary/aromatic N) is 4. The number of nitrogens with one attached hydrogen (secondary N) is 2. The van der Waals surface area contributed by atoms with E-state index in [4.69, 9.17) is 5.73 Å². The molecule has 3 aromatic rings. The summed E-state index contributed by atoms with van der Waals surface area (Å²) >= 11 is 0. The Bertz CT molecular complexity index is 1050. The highest BCUT2D eigenvalue weighted by Gasteiger charge is 2.34. The number of H-pyrrole nitrogens is 1. The van der Waals surface area contributed by atoms with Crippen LogP contribution in [-0.2, 0) is 6.18 Å². The number of alkyl halides is 3. The summed E-state index contributed by atoms with van der Waals surface area (Å²) in [6.45, 7) is 0. The van der Waals surface area contributed by atoms with Gasteiger partial charge in [0.2, 0.25) is 0 Å². The molecule has 1 fully saturated rings. The van der Waals surface area contributed by atoms with Gasteiger partial charge in [0.05, 0.1) is 0 Å². The number of fused-ring (bicyclic) bond motifs is 1. The molecule has 3 aromatic heterocycles. The summed E-state index contributed by atoms with van der Waals surface area (Å²) < 4.78 is 40.6. The van der Waals surface area contributed by atoms with Gasteiger partial charge in [-0.3, -0.25) is 14.3 Å². The lowest BCUT2D eigenvalue weighted by molar-refractivity contribution is -0.140. The molecule has 11 heteroatoms. The van der Waals surface area contributed by atoms with Crippen molar-refractivity contribution >= 4 is 23.2 Å². The van der Waals surface area contributed by atoms with Crippen molar-refractivity contribution < 1.29 is 18.0 Å². The van der Waals surface area contributed by atoms with E-state index in [0.29, 0.717) is 11.4 Å². The van der Waals surface area contributed by atoms with Crippen LogP contribution in [0.4, 0.5) is 24.8 Å². The summed E-state index contributed by atoms with van der Waals surface area (Å²) in [4.78, 5) is 18.0. The van der Waals surface area contributed by atoms with E-state index in [1.807, 2.05) is 11.9 Å². The minimum atomic E-state index is -4.49. The van der Waals surface area contributed by atoms with Crippen molar-refractivity contribution in [3.05, 3.63) is 41.9 Å². The average molecular weight is 421 g/mol. The molecule has 1 aliphatic rings. The van der Waals surface area contributed by atoms with Crippen molar-refractivity contribution in [3.8, 4) is 0 Å². The fraction of sp³-hybridized carbons (Fsp3) is 0.421.